The van der Waals surface area contributed by atoms with Crippen molar-refractivity contribution in [2.45, 2.75) is 43.5 Å². The van der Waals surface area contributed by atoms with Crippen LogP contribution in [0.25, 0.3) is 5.69 Å². The first-order valence-electron chi connectivity index (χ1n) is 9.46. The van der Waals surface area contributed by atoms with Crippen LogP contribution in [-0.4, -0.2) is 31.4 Å². The highest BCUT2D eigenvalue weighted by Gasteiger charge is 2.19. The summed E-state index contributed by atoms with van der Waals surface area (Å²) in [6.45, 7) is 3.97. The summed E-state index contributed by atoms with van der Waals surface area (Å²) < 4.78 is 1.63. The zero-order valence-corrected chi connectivity index (χ0v) is 17.2. The predicted molar refractivity (Wildman–Crippen MR) is 113 cm³/mol. The fraction of sp³-hybridized carbons (Fsp3) is 0.286. The van der Waals surface area contributed by atoms with Crippen LogP contribution in [0, 0.1) is 11.3 Å². The molecule has 0 radical (unpaired) electrons. The maximum atomic E-state index is 12.5. The smallest absolute Gasteiger partial charge is 0.237 e. The molecule has 1 heterocycles. The first kappa shape index (κ1) is 20.6. The minimum Gasteiger partial charge on any atom is -0.325 e. The van der Waals surface area contributed by atoms with Gasteiger partial charge in [-0.25, -0.2) is 0 Å². The predicted octanol–water partition coefficient (Wildman–Crippen LogP) is 4.00. The Hall–Kier alpha value is -3.18. The number of rotatable bonds is 8. The highest BCUT2D eigenvalue weighted by Crippen LogP contribution is 2.24. The Morgan fingerprint density at radius 1 is 1.28 bits per heavy atom. The van der Waals surface area contributed by atoms with Gasteiger partial charge in [0.2, 0.25) is 11.1 Å². The molecule has 148 valence electrons. The quantitative estimate of drug-likeness (QED) is 0.568. The number of benzene rings is 2. The van der Waals surface area contributed by atoms with E-state index >= 15 is 0 Å². The molecule has 0 aliphatic rings. The topological polar surface area (TPSA) is 96.5 Å². The molecular weight excluding hydrogens is 384 g/mol. The van der Waals surface area contributed by atoms with Crippen LogP contribution in [0.15, 0.2) is 53.7 Å². The number of hydrogen-bond acceptors (Lipinski definition) is 6. The van der Waals surface area contributed by atoms with Gasteiger partial charge in [0.05, 0.1) is 22.6 Å². The van der Waals surface area contributed by atoms with E-state index in [1.807, 2.05) is 12.1 Å². The molecular formula is C21H22N6OS. The van der Waals surface area contributed by atoms with Crippen LogP contribution in [-0.2, 0) is 11.2 Å². The third kappa shape index (κ3) is 5.42. The van der Waals surface area contributed by atoms with Crippen molar-refractivity contribution in [3.05, 3.63) is 59.7 Å². The summed E-state index contributed by atoms with van der Waals surface area (Å²) in [5.41, 5.74) is 3.22. The van der Waals surface area contributed by atoms with Crippen molar-refractivity contribution in [3.63, 3.8) is 0 Å². The second-order valence-electron chi connectivity index (χ2n) is 6.59. The van der Waals surface area contributed by atoms with Crippen molar-refractivity contribution < 1.29 is 4.79 Å². The van der Waals surface area contributed by atoms with E-state index in [9.17, 15) is 4.79 Å². The van der Waals surface area contributed by atoms with Crippen LogP contribution < -0.4 is 5.32 Å². The van der Waals surface area contributed by atoms with Gasteiger partial charge in [-0.2, -0.15) is 9.94 Å². The average molecular weight is 407 g/mol. The summed E-state index contributed by atoms with van der Waals surface area (Å²) >= 11 is 1.28. The lowest BCUT2D eigenvalue weighted by Crippen LogP contribution is -2.23. The Balaban J connectivity index is 1.67. The van der Waals surface area contributed by atoms with Gasteiger partial charge in [0, 0.05) is 5.69 Å². The van der Waals surface area contributed by atoms with E-state index in [1.165, 1.54) is 17.3 Å². The second-order valence-corrected chi connectivity index (χ2v) is 7.89. The van der Waals surface area contributed by atoms with Crippen molar-refractivity contribution in [1.29, 1.82) is 5.26 Å². The van der Waals surface area contributed by atoms with E-state index < -0.39 is 5.25 Å². The zero-order chi connectivity index (χ0) is 20.6. The molecule has 3 aromatic rings. The standard InChI is InChI=1S/C21H22N6OS/c1-3-4-6-16-9-11-19(12-10-16)27-21(24-25-26-27)29-15(2)20(28)23-18-8-5-7-17(13-18)14-22/h5,7-13,15H,3-4,6H2,1-2H3,(H,23,28)/t15-/m1/s1. The molecule has 1 atom stereocenters. The number of aryl methyl sites for hydroxylation is 1. The summed E-state index contributed by atoms with van der Waals surface area (Å²) in [7, 11) is 0. The van der Waals surface area contributed by atoms with Gasteiger partial charge in [-0.1, -0.05) is 43.3 Å². The molecule has 1 N–H and O–H groups in total. The Kier molecular flexibility index (Phi) is 6.98. The highest BCUT2D eigenvalue weighted by atomic mass is 32.2. The molecule has 0 unspecified atom stereocenters. The Morgan fingerprint density at radius 3 is 2.79 bits per heavy atom. The lowest BCUT2D eigenvalue weighted by Gasteiger charge is -2.12. The molecule has 29 heavy (non-hydrogen) atoms. The molecule has 8 heteroatoms. The highest BCUT2D eigenvalue weighted by molar-refractivity contribution is 8.00. The van der Waals surface area contributed by atoms with Crippen molar-refractivity contribution in [3.8, 4) is 11.8 Å². The van der Waals surface area contributed by atoms with Crippen LogP contribution in [0.2, 0.25) is 0 Å². The van der Waals surface area contributed by atoms with Crippen LogP contribution in [0.1, 0.15) is 37.8 Å². The summed E-state index contributed by atoms with van der Waals surface area (Å²) in [6.07, 6.45) is 3.38. The SMILES string of the molecule is CCCCc1ccc(-n2nnnc2S[C@H](C)C(=O)Nc2cccc(C#N)c2)cc1. The van der Waals surface area contributed by atoms with Gasteiger partial charge in [-0.3, -0.25) is 4.79 Å². The second kappa shape index (κ2) is 9.85. The fourth-order valence-corrected chi connectivity index (χ4v) is 3.53. The minimum absolute atomic E-state index is 0.186. The van der Waals surface area contributed by atoms with Crippen molar-refractivity contribution in [1.82, 2.24) is 20.2 Å². The van der Waals surface area contributed by atoms with Gasteiger partial charge in [0.15, 0.2) is 0 Å². The molecule has 0 saturated carbocycles. The maximum absolute atomic E-state index is 12.5. The Labute approximate surface area is 174 Å². The van der Waals surface area contributed by atoms with Gasteiger partial charge in [0.25, 0.3) is 0 Å². The molecule has 0 aliphatic heterocycles. The van der Waals surface area contributed by atoms with Gasteiger partial charge in [-0.05, 0) is 66.1 Å². The molecule has 0 fully saturated rings. The molecule has 7 nitrogen and oxygen atoms in total. The van der Waals surface area contributed by atoms with E-state index in [0.717, 1.165) is 24.9 Å². The maximum Gasteiger partial charge on any atom is 0.237 e. The van der Waals surface area contributed by atoms with Crippen LogP contribution in [0.5, 0.6) is 0 Å². The van der Waals surface area contributed by atoms with E-state index in [-0.39, 0.29) is 5.91 Å². The number of aromatic nitrogens is 4. The lowest BCUT2D eigenvalue weighted by atomic mass is 10.1. The van der Waals surface area contributed by atoms with Crippen molar-refractivity contribution >= 4 is 23.4 Å². The third-order valence-electron chi connectivity index (χ3n) is 4.35. The van der Waals surface area contributed by atoms with E-state index in [4.69, 9.17) is 5.26 Å². The number of nitrogens with one attached hydrogen (secondary N) is 1. The third-order valence-corrected chi connectivity index (χ3v) is 5.38. The Bertz CT molecular complexity index is 1010. The molecule has 0 spiro atoms. The zero-order valence-electron chi connectivity index (χ0n) is 16.4. The number of nitrogens with zero attached hydrogens (tertiary/aromatic N) is 5. The molecule has 3 rings (SSSR count). The number of unbranched alkanes of at least 4 members (excludes halogenated alkanes) is 1. The lowest BCUT2D eigenvalue weighted by molar-refractivity contribution is -0.115. The van der Waals surface area contributed by atoms with Crippen LogP contribution in [0.3, 0.4) is 0 Å². The Morgan fingerprint density at radius 2 is 2.07 bits per heavy atom. The average Bonchev–Trinajstić information content (AvgIpc) is 3.20. The van der Waals surface area contributed by atoms with Gasteiger partial charge in [-0.15, -0.1) is 5.10 Å². The van der Waals surface area contributed by atoms with Crippen LogP contribution in [0.4, 0.5) is 5.69 Å². The monoisotopic (exact) mass is 406 g/mol. The van der Waals surface area contributed by atoms with Gasteiger partial charge < -0.3 is 5.32 Å². The van der Waals surface area contributed by atoms with E-state index in [0.29, 0.717) is 16.4 Å². The summed E-state index contributed by atoms with van der Waals surface area (Å²) in [6, 6.07) is 17.0. The van der Waals surface area contributed by atoms with E-state index in [2.05, 4.69) is 46.0 Å². The summed E-state index contributed by atoms with van der Waals surface area (Å²) in [5, 5.41) is 23.8. The van der Waals surface area contributed by atoms with E-state index in [1.54, 1.807) is 35.9 Å². The molecule has 0 bridgehead atoms. The van der Waals surface area contributed by atoms with Gasteiger partial charge >= 0.3 is 0 Å². The summed E-state index contributed by atoms with van der Waals surface area (Å²) in [4.78, 5) is 12.5. The van der Waals surface area contributed by atoms with Gasteiger partial charge in [0.1, 0.15) is 0 Å². The molecule has 0 aliphatic carbocycles. The number of anilines is 1. The number of nitriles is 1. The first-order valence-corrected chi connectivity index (χ1v) is 10.3. The minimum atomic E-state index is -0.422. The number of tetrazole rings is 1. The number of amides is 1. The largest absolute Gasteiger partial charge is 0.325 e. The normalized spacial score (nSPS) is 11.6. The number of thioether (sulfide) groups is 1. The number of carbonyl (C=O) groups is 1. The fourth-order valence-electron chi connectivity index (χ4n) is 2.72. The summed E-state index contributed by atoms with van der Waals surface area (Å²) in [5.74, 6) is -0.186. The molecule has 2 aromatic carbocycles. The molecule has 1 aromatic heterocycles. The first-order chi connectivity index (χ1) is 14.1. The van der Waals surface area contributed by atoms with Crippen LogP contribution >= 0.6 is 11.8 Å². The number of hydrogen-bond donors (Lipinski definition) is 1. The van der Waals surface area contributed by atoms with Crippen molar-refractivity contribution in [2.75, 3.05) is 5.32 Å². The number of carbonyl (C=O) groups excluding carboxylic acids is 1. The van der Waals surface area contributed by atoms with Crippen molar-refractivity contribution in [2.24, 2.45) is 0 Å². The molecule has 1 amide bonds. The molecule has 0 saturated heterocycles.